The van der Waals surface area contributed by atoms with Gasteiger partial charge in [0.05, 0.1) is 23.9 Å². The van der Waals surface area contributed by atoms with Crippen LogP contribution in [0.15, 0.2) is 41.0 Å². The lowest BCUT2D eigenvalue weighted by molar-refractivity contribution is -0.141. The Hall–Kier alpha value is -3.62. The minimum atomic E-state index is -1.47. The summed E-state index contributed by atoms with van der Waals surface area (Å²) in [6, 6.07) is 6.68. The van der Waals surface area contributed by atoms with Crippen LogP contribution in [0.1, 0.15) is 53.2 Å². The lowest BCUT2D eigenvalue weighted by Crippen LogP contribution is -2.45. The highest BCUT2D eigenvalue weighted by molar-refractivity contribution is 6.24. The summed E-state index contributed by atoms with van der Waals surface area (Å²) in [7, 11) is 0. The number of amides is 3. The first-order chi connectivity index (χ1) is 13.9. The number of benzene rings is 1. The number of fused-ring (bicyclic) bond motifs is 1. The Labute approximate surface area is 167 Å². The summed E-state index contributed by atoms with van der Waals surface area (Å²) in [6.07, 6.45) is 1.01. The van der Waals surface area contributed by atoms with Crippen molar-refractivity contribution >= 4 is 29.4 Å². The van der Waals surface area contributed by atoms with E-state index in [1.165, 1.54) is 12.3 Å². The molecule has 0 radical (unpaired) electrons. The van der Waals surface area contributed by atoms with Crippen LogP contribution in [0.3, 0.4) is 0 Å². The number of carbonyl (C=O) groups excluding carboxylic acids is 3. The molecule has 0 saturated carbocycles. The quantitative estimate of drug-likeness (QED) is 0.576. The van der Waals surface area contributed by atoms with Crippen molar-refractivity contribution in [3.05, 3.63) is 53.5 Å². The number of anilines is 1. The molecule has 2 heterocycles. The first-order valence-corrected chi connectivity index (χ1v) is 9.18. The van der Waals surface area contributed by atoms with E-state index >= 15 is 0 Å². The average molecular weight is 401 g/mol. The van der Waals surface area contributed by atoms with Gasteiger partial charge in [-0.2, -0.15) is 0 Å². The van der Waals surface area contributed by atoms with Gasteiger partial charge in [0, 0.05) is 12.1 Å². The van der Waals surface area contributed by atoms with Crippen molar-refractivity contribution in [2.45, 2.75) is 39.3 Å². The summed E-state index contributed by atoms with van der Waals surface area (Å²) in [5, 5.41) is 12.5. The molecule has 0 aliphatic carbocycles. The van der Waals surface area contributed by atoms with E-state index in [4.69, 9.17) is 10.2 Å². The number of nitrogens with zero attached hydrogens (tertiary/aromatic N) is 1. The number of carboxylic acids is 1. The van der Waals surface area contributed by atoms with Crippen molar-refractivity contribution in [3.8, 4) is 0 Å². The molecule has 9 nitrogen and oxygen atoms in total. The van der Waals surface area contributed by atoms with Gasteiger partial charge in [-0.25, -0.2) is 4.79 Å². The summed E-state index contributed by atoms with van der Waals surface area (Å²) in [5.74, 6) is -2.90. The second kappa shape index (κ2) is 9.54. The fourth-order valence-corrected chi connectivity index (χ4v) is 2.97. The molecule has 154 valence electrons. The number of rotatable bonds is 8. The summed E-state index contributed by atoms with van der Waals surface area (Å²) >= 11 is 0. The molecule has 1 atom stereocenters. The number of nitrogens with two attached hydrogens (primary N) is 1. The maximum Gasteiger partial charge on any atom is 0.326 e. The van der Waals surface area contributed by atoms with Crippen LogP contribution in [0.25, 0.3) is 0 Å². The molecule has 0 spiro atoms. The molecule has 4 N–H and O–H groups in total. The maximum absolute atomic E-state index is 12.8. The highest BCUT2D eigenvalue weighted by Crippen LogP contribution is 2.32. The molecule has 1 aliphatic rings. The van der Waals surface area contributed by atoms with E-state index < -0.39 is 29.7 Å². The molecule has 1 aromatic heterocycles. The zero-order valence-corrected chi connectivity index (χ0v) is 16.2. The van der Waals surface area contributed by atoms with Gasteiger partial charge in [-0.1, -0.05) is 19.9 Å². The van der Waals surface area contributed by atoms with E-state index in [1.807, 2.05) is 13.8 Å². The molecular weight excluding hydrogens is 378 g/mol. The molecule has 1 aliphatic heterocycles. The molecule has 1 aromatic carbocycles. The third-order valence-corrected chi connectivity index (χ3v) is 4.24. The average Bonchev–Trinajstić information content (AvgIpc) is 3.30. The van der Waals surface area contributed by atoms with E-state index in [0.717, 1.165) is 0 Å². The van der Waals surface area contributed by atoms with Crippen molar-refractivity contribution < 1.29 is 28.7 Å². The van der Waals surface area contributed by atoms with Crippen molar-refractivity contribution in [3.63, 3.8) is 0 Å². The number of carboxylic acid groups (broad SMARTS) is 1. The van der Waals surface area contributed by atoms with Crippen LogP contribution >= 0.6 is 0 Å². The number of hydrogen-bond acceptors (Lipinski definition) is 6. The molecule has 0 saturated heterocycles. The van der Waals surface area contributed by atoms with Gasteiger partial charge in [-0.3, -0.25) is 19.3 Å². The van der Waals surface area contributed by atoms with Crippen LogP contribution in [-0.2, 0) is 16.1 Å². The fourth-order valence-electron chi connectivity index (χ4n) is 2.97. The first-order valence-electron chi connectivity index (χ1n) is 9.18. The molecule has 9 heteroatoms. The summed E-state index contributed by atoms with van der Waals surface area (Å²) in [5.41, 5.74) is 5.66. The van der Waals surface area contributed by atoms with Gasteiger partial charge < -0.3 is 20.6 Å². The van der Waals surface area contributed by atoms with Gasteiger partial charge >= 0.3 is 5.97 Å². The molecule has 3 amide bonds. The Morgan fingerprint density at radius 1 is 1.17 bits per heavy atom. The normalized spacial score (nSPS) is 13.4. The van der Waals surface area contributed by atoms with Gasteiger partial charge in [-0.15, -0.1) is 0 Å². The van der Waals surface area contributed by atoms with Crippen molar-refractivity contribution in [1.82, 2.24) is 4.90 Å². The number of aliphatic carboxylic acids is 1. The molecule has 0 fully saturated rings. The smallest absolute Gasteiger partial charge is 0.326 e. The molecule has 1 unspecified atom stereocenters. The minimum absolute atomic E-state index is 0.0966. The predicted molar refractivity (Wildman–Crippen MR) is 104 cm³/mol. The monoisotopic (exact) mass is 401 g/mol. The van der Waals surface area contributed by atoms with Gasteiger partial charge in [-0.05, 0) is 30.7 Å². The number of imide groups is 1. The van der Waals surface area contributed by atoms with E-state index in [0.29, 0.717) is 16.3 Å². The third-order valence-electron chi connectivity index (χ3n) is 4.24. The minimum Gasteiger partial charge on any atom is -0.480 e. The second-order valence-electron chi connectivity index (χ2n) is 6.00. The Kier molecular flexibility index (Phi) is 7.13. The molecule has 2 aromatic rings. The van der Waals surface area contributed by atoms with Gasteiger partial charge in [0.25, 0.3) is 11.8 Å². The van der Waals surface area contributed by atoms with E-state index in [2.05, 4.69) is 5.32 Å². The number of nitrogens with one attached hydrogen (secondary N) is 1. The van der Waals surface area contributed by atoms with E-state index in [1.54, 1.807) is 24.3 Å². The zero-order valence-electron chi connectivity index (χ0n) is 16.2. The maximum atomic E-state index is 12.8. The number of primary amides is 1. The summed E-state index contributed by atoms with van der Waals surface area (Å²) < 4.78 is 5.22. The third kappa shape index (κ3) is 4.63. The lowest BCUT2D eigenvalue weighted by atomic mass is 10.1. The molecular formula is C20H23N3O6. The van der Waals surface area contributed by atoms with Gasteiger partial charge in [0.2, 0.25) is 5.91 Å². The van der Waals surface area contributed by atoms with Crippen molar-refractivity contribution in [2.75, 3.05) is 5.32 Å². The predicted octanol–water partition coefficient (Wildman–Crippen LogP) is 2.23. The van der Waals surface area contributed by atoms with Crippen LogP contribution in [0.5, 0.6) is 0 Å². The highest BCUT2D eigenvalue weighted by Gasteiger charge is 2.44. The van der Waals surface area contributed by atoms with Crippen LogP contribution in [-0.4, -0.2) is 39.7 Å². The standard InChI is InChI=1S/C18H17N3O6.C2H6/c19-14(22)7-6-13(18(25)26)21-16(23)11-4-1-5-12(15(11)17(21)24)20-9-10-3-2-8-27-10;1-2/h1-5,8,13,20H,6-7,9H2,(H2,19,22)(H,25,26);1-2H3. The largest absolute Gasteiger partial charge is 0.480 e. The first kappa shape index (κ1) is 21.7. The van der Waals surface area contributed by atoms with Crippen molar-refractivity contribution in [2.24, 2.45) is 5.73 Å². The molecule has 3 rings (SSSR count). The number of carbonyl (C=O) groups is 4. The Balaban J connectivity index is 0.00000145. The van der Waals surface area contributed by atoms with Crippen LogP contribution in [0, 0.1) is 0 Å². The fraction of sp³-hybridized carbons (Fsp3) is 0.300. The summed E-state index contributed by atoms with van der Waals surface area (Å²) in [4.78, 5) is 48.8. The lowest BCUT2D eigenvalue weighted by Gasteiger charge is -2.22. The van der Waals surface area contributed by atoms with Gasteiger partial charge in [0.15, 0.2) is 0 Å². The molecule has 29 heavy (non-hydrogen) atoms. The second-order valence-corrected chi connectivity index (χ2v) is 6.00. The van der Waals surface area contributed by atoms with Crippen molar-refractivity contribution in [1.29, 1.82) is 0 Å². The number of furan rings is 1. The number of hydrogen-bond donors (Lipinski definition) is 3. The van der Waals surface area contributed by atoms with E-state index in [9.17, 15) is 24.3 Å². The van der Waals surface area contributed by atoms with Crippen LogP contribution in [0.4, 0.5) is 5.69 Å². The summed E-state index contributed by atoms with van der Waals surface area (Å²) in [6.45, 7) is 4.29. The zero-order chi connectivity index (χ0) is 21.6. The SMILES string of the molecule is CC.NC(=O)CCC(C(=O)O)N1C(=O)c2cccc(NCc3ccco3)c2C1=O. The Morgan fingerprint density at radius 2 is 1.90 bits per heavy atom. The van der Waals surface area contributed by atoms with Crippen LogP contribution in [0.2, 0.25) is 0 Å². The Bertz CT molecular complexity index is 907. The van der Waals surface area contributed by atoms with Crippen LogP contribution < -0.4 is 11.1 Å². The molecule has 0 bridgehead atoms. The topological polar surface area (TPSA) is 143 Å². The Morgan fingerprint density at radius 3 is 2.48 bits per heavy atom. The van der Waals surface area contributed by atoms with E-state index in [-0.39, 0.29) is 30.5 Å². The highest BCUT2D eigenvalue weighted by atomic mass is 16.4. The van der Waals surface area contributed by atoms with Gasteiger partial charge in [0.1, 0.15) is 11.8 Å².